The minimum Gasteiger partial charge on any atom is -0.398 e. The van der Waals surface area contributed by atoms with E-state index in [9.17, 15) is 0 Å². The van der Waals surface area contributed by atoms with Crippen LogP contribution in [0.1, 0.15) is 5.56 Å². The minimum atomic E-state index is 0.359. The first-order valence-corrected chi connectivity index (χ1v) is 5.72. The van der Waals surface area contributed by atoms with Gasteiger partial charge in [-0.25, -0.2) is 9.97 Å². The Morgan fingerprint density at radius 1 is 1.05 bits per heavy atom. The fourth-order valence-corrected chi connectivity index (χ4v) is 1.72. The predicted molar refractivity (Wildman–Crippen MR) is 69.9 cm³/mol. The van der Waals surface area contributed by atoms with Gasteiger partial charge in [0.15, 0.2) is 0 Å². The highest BCUT2D eigenvalue weighted by Crippen LogP contribution is 2.26. The van der Waals surface area contributed by atoms with Gasteiger partial charge in [0.2, 0.25) is 11.6 Å². The lowest BCUT2D eigenvalue weighted by molar-refractivity contribution is 0.431. The lowest BCUT2D eigenvalue weighted by Crippen LogP contribution is -1.92. The molecule has 0 bridgehead atoms. The summed E-state index contributed by atoms with van der Waals surface area (Å²) in [6.45, 7) is 1.91. The van der Waals surface area contributed by atoms with E-state index in [4.69, 9.17) is 10.3 Å². The van der Waals surface area contributed by atoms with Crippen LogP contribution in [0.5, 0.6) is 0 Å². The van der Waals surface area contributed by atoms with Gasteiger partial charge >= 0.3 is 0 Å². The van der Waals surface area contributed by atoms with Crippen LogP contribution in [0.3, 0.4) is 0 Å². The molecule has 94 valence electrons. The maximum Gasteiger partial charge on any atom is 0.258 e. The van der Waals surface area contributed by atoms with E-state index in [1.165, 1.54) is 0 Å². The largest absolute Gasteiger partial charge is 0.398 e. The second kappa shape index (κ2) is 4.49. The molecule has 0 fully saturated rings. The van der Waals surface area contributed by atoms with Crippen molar-refractivity contribution in [2.24, 2.45) is 0 Å². The van der Waals surface area contributed by atoms with Gasteiger partial charge in [0.1, 0.15) is 0 Å². The van der Waals surface area contributed by atoms with Gasteiger partial charge in [-0.05, 0) is 30.7 Å². The smallest absolute Gasteiger partial charge is 0.258 e. The van der Waals surface area contributed by atoms with Crippen LogP contribution >= 0.6 is 0 Å². The van der Waals surface area contributed by atoms with E-state index in [1.54, 1.807) is 18.5 Å². The second-order valence-electron chi connectivity index (χ2n) is 4.02. The van der Waals surface area contributed by atoms with Crippen molar-refractivity contribution in [3.63, 3.8) is 0 Å². The number of rotatable bonds is 2. The molecule has 0 aliphatic carbocycles. The summed E-state index contributed by atoms with van der Waals surface area (Å²) in [6.07, 6.45) is 3.26. The Bertz CT molecular complexity index is 708. The molecule has 0 spiro atoms. The standard InChI is InChI=1S/C13H11N5O/c1-8-9(4-2-5-10(8)14)13-17-12(18-19-13)11-15-6-3-7-16-11/h2-7H,14H2,1H3. The first kappa shape index (κ1) is 11.3. The molecule has 3 rings (SSSR count). The highest BCUT2D eigenvalue weighted by Gasteiger charge is 2.14. The average molecular weight is 253 g/mol. The molecule has 2 heterocycles. The van der Waals surface area contributed by atoms with Crippen molar-refractivity contribution in [1.29, 1.82) is 0 Å². The van der Waals surface area contributed by atoms with Crippen molar-refractivity contribution in [3.8, 4) is 23.1 Å². The van der Waals surface area contributed by atoms with E-state index >= 15 is 0 Å². The van der Waals surface area contributed by atoms with Crippen molar-refractivity contribution >= 4 is 5.69 Å². The van der Waals surface area contributed by atoms with Crippen LogP contribution < -0.4 is 5.73 Å². The van der Waals surface area contributed by atoms with Crippen molar-refractivity contribution in [2.75, 3.05) is 5.73 Å². The fraction of sp³-hybridized carbons (Fsp3) is 0.0769. The molecular formula is C13H11N5O. The summed E-state index contributed by atoms with van der Waals surface area (Å²) in [4.78, 5) is 12.4. The van der Waals surface area contributed by atoms with E-state index in [1.807, 2.05) is 25.1 Å². The van der Waals surface area contributed by atoms with Gasteiger partial charge in [-0.15, -0.1) is 0 Å². The van der Waals surface area contributed by atoms with Crippen LogP contribution in [0, 0.1) is 6.92 Å². The van der Waals surface area contributed by atoms with Crippen LogP contribution in [0.15, 0.2) is 41.2 Å². The Balaban J connectivity index is 2.05. The summed E-state index contributed by atoms with van der Waals surface area (Å²) in [7, 11) is 0. The summed E-state index contributed by atoms with van der Waals surface area (Å²) >= 11 is 0. The predicted octanol–water partition coefficient (Wildman–Crippen LogP) is 2.08. The van der Waals surface area contributed by atoms with Crippen LogP contribution in [0.2, 0.25) is 0 Å². The van der Waals surface area contributed by atoms with Crippen LogP contribution in [0.4, 0.5) is 5.69 Å². The number of nitrogen functional groups attached to an aromatic ring is 1. The third kappa shape index (κ3) is 2.03. The van der Waals surface area contributed by atoms with Gasteiger partial charge in [-0.2, -0.15) is 4.98 Å². The van der Waals surface area contributed by atoms with E-state index in [2.05, 4.69) is 20.1 Å². The highest BCUT2D eigenvalue weighted by atomic mass is 16.5. The molecule has 1 aromatic carbocycles. The number of aromatic nitrogens is 4. The Morgan fingerprint density at radius 2 is 1.84 bits per heavy atom. The van der Waals surface area contributed by atoms with Gasteiger partial charge in [0.05, 0.1) is 0 Å². The van der Waals surface area contributed by atoms with E-state index < -0.39 is 0 Å². The number of anilines is 1. The lowest BCUT2D eigenvalue weighted by atomic mass is 10.1. The summed E-state index contributed by atoms with van der Waals surface area (Å²) in [5, 5.41) is 3.88. The molecule has 2 aromatic heterocycles. The highest BCUT2D eigenvalue weighted by molar-refractivity contribution is 5.67. The zero-order chi connectivity index (χ0) is 13.2. The van der Waals surface area contributed by atoms with Gasteiger partial charge in [0.25, 0.3) is 5.89 Å². The molecule has 0 amide bonds. The number of benzene rings is 1. The summed E-state index contributed by atoms with van der Waals surface area (Å²) < 4.78 is 5.24. The van der Waals surface area contributed by atoms with E-state index in [0.717, 1.165) is 11.1 Å². The first-order valence-electron chi connectivity index (χ1n) is 5.72. The molecule has 0 aliphatic heterocycles. The molecule has 2 N–H and O–H groups in total. The molecule has 0 atom stereocenters. The quantitative estimate of drug-likeness (QED) is 0.703. The SMILES string of the molecule is Cc1c(N)cccc1-c1nc(-c2ncccn2)no1. The molecule has 0 unspecified atom stereocenters. The number of hydrogen-bond donors (Lipinski definition) is 1. The molecule has 0 saturated heterocycles. The first-order chi connectivity index (χ1) is 9.25. The molecule has 0 saturated carbocycles. The number of hydrogen-bond acceptors (Lipinski definition) is 6. The average Bonchev–Trinajstić information content (AvgIpc) is 2.92. The topological polar surface area (TPSA) is 90.7 Å². The molecule has 0 radical (unpaired) electrons. The number of nitrogens with zero attached hydrogens (tertiary/aromatic N) is 4. The van der Waals surface area contributed by atoms with Gasteiger partial charge in [0, 0.05) is 23.6 Å². The Kier molecular flexibility index (Phi) is 2.68. The maximum atomic E-state index is 5.86. The van der Waals surface area contributed by atoms with Crippen molar-refractivity contribution in [2.45, 2.75) is 6.92 Å². The summed E-state index contributed by atoms with van der Waals surface area (Å²) in [6, 6.07) is 7.29. The van der Waals surface area contributed by atoms with Gasteiger partial charge < -0.3 is 10.3 Å². The summed E-state index contributed by atoms with van der Waals surface area (Å²) in [5.74, 6) is 1.20. The van der Waals surface area contributed by atoms with Crippen LogP contribution in [-0.4, -0.2) is 20.1 Å². The molecule has 6 heteroatoms. The third-order valence-electron chi connectivity index (χ3n) is 2.80. The van der Waals surface area contributed by atoms with E-state index in [0.29, 0.717) is 23.2 Å². The Labute approximate surface area is 109 Å². The summed E-state index contributed by atoms with van der Waals surface area (Å²) in [5.41, 5.74) is 8.27. The Hall–Kier alpha value is -2.76. The molecular weight excluding hydrogens is 242 g/mol. The van der Waals surface area contributed by atoms with Gasteiger partial charge in [-0.1, -0.05) is 11.2 Å². The monoisotopic (exact) mass is 253 g/mol. The lowest BCUT2D eigenvalue weighted by Gasteiger charge is -2.02. The van der Waals surface area contributed by atoms with Crippen molar-refractivity contribution in [1.82, 2.24) is 20.1 Å². The Morgan fingerprint density at radius 3 is 2.63 bits per heavy atom. The number of nitrogens with two attached hydrogens (primary N) is 1. The minimum absolute atomic E-state index is 0.359. The van der Waals surface area contributed by atoms with Gasteiger partial charge in [-0.3, -0.25) is 0 Å². The van der Waals surface area contributed by atoms with Crippen LogP contribution in [-0.2, 0) is 0 Å². The second-order valence-corrected chi connectivity index (χ2v) is 4.02. The molecule has 0 aliphatic rings. The third-order valence-corrected chi connectivity index (χ3v) is 2.80. The van der Waals surface area contributed by atoms with E-state index in [-0.39, 0.29) is 0 Å². The molecule has 3 aromatic rings. The fourth-order valence-electron chi connectivity index (χ4n) is 1.72. The van der Waals surface area contributed by atoms with Crippen molar-refractivity contribution < 1.29 is 4.52 Å². The van der Waals surface area contributed by atoms with Crippen molar-refractivity contribution in [3.05, 3.63) is 42.2 Å². The zero-order valence-corrected chi connectivity index (χ0v) is 10.2. The van der Waals surface area contributed by atoms with Crippen LogP contribution in [0.25, 0.3) is 23.1 Å². The normalized spacial score (nSPS) is 10.6. The zero-order valence-electron chi connectivity index (χ0n) is 10.2. The maximum absolute atomic E-state index is 5.86. The molecule has 6 nitrogen and oxygen atoms in total. The molecule has 19 heavy (non-hydrogen) atoms.